The average molecular weight is 317 g/mol. The second-order valence-electron chi connectivity index (χ2n) is 5.81. The van der Waals surface area contributed by atoms with Crippen molar-refractivity contribution in [3.8, 4) is 0 Å². The maximum absolute atomic E-state index is 12.9. The normalized spacial score (nSPS) is 16.6. The van der Waals surface area contributed by atoms with Crippen LogP contribution in [0.5, 0.6) is 0 Å². The van der Waals surface area contributed by atoms with E-state index in [0.717, 1.165) is 5.56 Å². The highest BCUT2D eigenvalue weighted by Crippen LogP contribution is 2.43. The molecule has 0 N–H and O–H groups in total. The number of carbonyl (C=O) groups is 3. The van der Waals surface area contributed by atoms with Gasteiger partial charge >= 0.3 is 11.9 Å². The summed E-state index contributed by atoms with van der Waals surface area (Å²) < 4.78 is 9.55. The minimum Gasteiger partial charge on any atom is -0.466 e. The number of hydrogen-bond donors (Lipinski definition) is 0. The fourth-order valence-corrected chi connectivity index (χ4v) is 2.65. The van der Waals surface area contributed by atoms with Gasteiger partial charge in [0.1, 0.15) is 5.70 Å². The Morgan fingerprint density at radius 2 is 1.70 bits per heavy atom. The largest absolute Gasteiger partial charge is 0.466 e. The molecule has 0 atom stereocenters. The van der Waals surface area contributed by atoms with Gasteiger partial charge < -0.3 is 9.47 Å². The molecule has 23 heavy (non-hydrogen) atoms. The predicted octanol–water partition coefficient (Wildman–Crippen LogP) is 1.97. The molecule has 0 saturated heterocycles. The van der Waals surface area contributed by atoms with Crippen molar-refractivity contribution in [3.63, 3.8) is 0 Å². The molecule has 6 nitrogen and oxygen atoms in total. The summed E-state index contributed by atoms with van der Waals surface area (Å²) in [5.41, 5.74) is 0.130. The van der Waals surface area contributed by atoms with Gasteiger partial charge in [0.25, 0.3) is 0 Å². The molecule has 1 aromatic rings. The second-order valence-corrected chi connectivity index (χ2v) is 5.81. The highest BCUT2D eigenvalue weighted by atomic mass is 16.5. The first-order valence-corrected chi connectivity index (χ1v) is 7.08. The molecule has 2 rings (SSSR count). The third kappa shape index (κ3) is 2.60. The average Bonchev–Trinajstić information content (AvgIpc) is 2.73. The van der Waals surface area contributed by atoms with Crippen LogP contribution >= 0.6 is 0 Å². The zero-order valence-electron chi connectivity index (χ0n) is 13.8. The molecule has 6 heteroatoms. The lowest BCUT2D eigenvalue weighted by Crippen LogP contribution is -2.35. The van der Waals surface area contributed by atoms with Gasteiger partial charge in [-0.15, -0.1) is 0 Å². The number of ether oxygens (including phenoxy) is 2. The number of hydrogen-bond acceptors (Lipinski definition) is 5. The van der Waals surface area contributed by atoms with Gasteiger partial charge in [0, 0.05) is 5.69 Å². The van der Waals surface area contributed by atoms with Crippen LogP contribution < -0.4 is 4.90 Å². The second kappa shape index (κ2) is 5.87. The summed E-state index contributed by atoms with van der Waals surface area (Å²) in [6.45, 7) is 5.04. The molecule has 1 amide bonds. The third-order valence-electron chi connectivity index (χ3n) is 3.85. The molecule has 0 fully saturated rings. The minimum atomic E-state index is -1.19. The van der Waals surface area contributed by atoms with E-state index < -0.39 is 17.4 Å². The Balaban J connectivity index is 2.74. The quantitative estimate of drug-likeness (QED) is 0.797. The Bertz CT molecular complexity index is 717. The molecule has 0 unspecified atom stereocenters. The molecular formula is C17H19NO5. The molecule has 0 bridgehead atoms. The van der Waals surface area contributed by atoms with E-state index in [4.69, 9.17) is 9.47 Å². The molecular weight excluding hydrogens is 298 g/mol. The maximum atomic E-state index is 12.9. The maximum Gasteiger partial charge on any atom is 0.355 e. The molecule has 0 radical (unpaired) electrons. The van der Waals surface area contributed by atoms with Gasteiger partial charge in [0.2, 0.25) is 5.91 Å². The summed E-state index contributed by atoms with van der Waals surface area (Å²) >= 11 is 0. The third-order valence-corrected chi connectivity index (χ3v) is 3.85. The fourth-order valence-electron chi connectivity index (χ4n) is 2.65. The SMILES string of the molecule is COC(=O)C1=C(C(=O)OC)C(C)(C)C(=O)N1c1cccc(C)c1. The number of anilines is 1. The van der Waals surface area contributed by atoms with Crippen LogP contribution in [0.2, 0.25) is 0 Å². The highest BCUT2D eigenvalue weighted by Gasteiger charge is 2.52. The first-order valence-electron chi connectivity index (χ1n) is 7.08. The van der Waals surface area contributed by atoms with Gasteiger partial charge in [-0.25, -0.2) is 9.59 Å². The van der Waals surface area contributed by atoms with Crippen molar-refractivity contribution in [2.75, 3.05) is 19.1 Å². The molecule has 1 aromatic carbocycles. The number of carbonyl (C=O) groups excluding carboxylic acids is 3. The topological polar surface area (TPSA) is 72.9 Å². The lowest BCUT2D eigenvalue weighted by Gasteiger charge is -2.22. The first kappa shape index (κ1) is 16.7. The van der Waals surface area contributed by atoms with Crippen LogP contribution in [0.15, 0.2) is 35.5 Å². The Labute approximate surface area is 134 Å². The Kier molecular flexibility index (Phi) is 4.27. The number of nitrogens with zero attached hydrogens (tertiary/aromatic N) is 1. The molecule has 0 spiro atoms. The van der Waals surface area contributed by atoms with Gasteiger partial charge in [0.05, 0.1) is 25.2 Å². The molecule has 0 saturated carbocycles. The van der Waals surface area contributed by atoms with Crippen molar-refractivity contribution >= 4 is 23.5 Å². The van der Waals surface area contributed by atoms with Gasteiger partial charge in [-0.2, -0.15) is 0 Å². The molecule has 122 valence electrons. The van der Waals surface area contributed by atoms with Gasteiger partial charge in [-0.3, -0.25) is 9.69 Å². The molecule has 0 aliphatic carbocycles. The zero-order valence-corrected chi connectivity index (χ0v) is 13.8. The van der Waals surface area contributed by atoms with E-state index in [1.54, 1.807) is 32.0 Å². The van der Waals surface area contributed by atoms with E-state index in [1.807, 2.05) is 13.0 Å². The highest BCUT2D eigenvalue weighted by molar-refractivity contribution is 6.20. The van der Waals surface area contributed by atoms with Crippen molar-refractivity contribution in [3.05, 3.63) is 41.1 Å². The monoisotopic (exact) mass is 317 g/mol. The Morgan fingerprint density at radius 3 is 2.22 bits per heavy atom. The smallest absolute Gasteiger partial charge is 0.355 e. The van der Waals surface area contributed by atoms with Gasteiger partial charge in [-0.05, 0) is 38.5 Å². The van der Waals surface area contributed by atoms with Crippen molar-refractivity contribution in [1.29, 1.82) is 0 Å². The van der Waals surface area contributed by atoms with E-state index >= 15 is 0 Å². The van der Waals surface area contributed by atoms with E-state index in [1.165, 1.54) is 19.1 Å². The van der Waals surface area contributed by atoms with Crippen molar-refractivity contribution in [2.24, 2.45) is 5.41 Å². The number of amides is 1. The van der Waals surface area contributed by atoms with Crippen LogP contribution in [-0.2, 0) is 23.9 Å². The zero-order chi connectivity index (χ0) is 17.4. The molecule has 1 aliphatic heterocycles. The molecule has 1 aliphatic rings. The number of methoxy groups -OCH3 is 2. The van der Waals surface area contributed by atoms with Crippen molar-refractivity contribution < 1.29 is 23.9 Å². The molecule has 1 heterocycles. The lowest BCUT2D eigenvalue weighted by atomic mass is 9.85. The molecule has 0 aromatic heterocycles. The van der Waals surface area contributed by atoms with Crippen LogP contribution in [-0.4, -0.2) is 32.1 Å². The Hall–Kier alpha value is -2.63. The fraction of sp³-hybridized carbons (Fsp3) is 0.353. The summed E-state index contributed by atoms with van der Waals surface area (Å²) in [6.07, 6.45) is 0. The number of rotatable bonds is 3. The van der Waals surface area contributed by atoms with Crippen LogP contribution in [0.3, 0.4) is 0 Å². The van der Waals surface area contributed by atoms with Crippen molar-refractivity contribution in [1.82, 2.24) is 0 Å². The Morgan fingerprint density at radius 1 is 1.09 bits per heavy atom. The van der Waals surface area contributed by atoms with Gasteiger partial charge in [-0.1, -0.05) is 12.1 Å². The number of aryl methyl sites for hydroxylation is 1. The predicted molar refractivity (Wildman–Crippen MR) is 83.5 cm³/mol. The van der Waals surface area contributed by atoms with Crippen LogP contribution in [0.1, 0.15) is 19.4 Å². The number of benzene rings is 1. The lowest BCUT2D eigenvalue weighted by molar-refractivity contribution is -0.140. The summed E-state index contributed by atoms with van der Waals surface area (Å²) in [5, 5.41) is 0. The minimum absolute atomic E-state index is 0.00152. The van der Waals surface area contributed by atoms with E-state index in [-0.39, 0.29) is 17.2 Å². The summed E-state index contributed by atoms with van der Waals surface area (Å²) in [4.78, 5) is 38.5. The first-order chi connectivity index (χ1) is 10.8. The van der Waals surface area contributed by atoms with Crippen LogP contribution in [0.25, 0.3) is 0 Å². The van der Waals surface area contributed by atoms with Crippen LogP contribution in [0.4, 0.5) is 5.69 Å². The summed E-state index contributed by atoms with van der Waals surface area (Å²) in [5.74, 6) is -1.87. The van der Waals surface area contributed by atoms with E-state index in [9.17, 15) is 14.4 Å². The summed E-state index contributed by atoms with van der Waals surface area (Å²) in [7, 11) is 2.41. The van der Waals surface area contributed by atoms with Crippen molar-refractivity contribution in [2.45, 2.75) is 20.8 Å². The standard InChI is InChI=1S/C17H19NO5/c1-10-7-6-8-11(9-10)18-13(15(20)23-5)12(14(19)22-4)17(2,3)16(18)21/h6-9H,1-5H3. The summed E-state index contributed by atoms with van der Waals surface area (Å²) in [6, 6.07) is 7.11. The van der Waals surface area contributed by atoms with E-state index in [0.29, 0.717) is 5.69 Å². The van der Waals surface area contributed by atoms with Gasteiger partial charge in [0.15, 0.2) is 0 Å². The number of esters is 2. The van der Waals surface area contributed by atoms with Crippen LogP contribution in [0, 0.1) is 12.3 Å². The van der Waals surface area contributed by atoms with E-state index in [2.05, 4.69) is 0 Å².